The minimum atomic E-state index is -4.13. The van der Waals surface area contributed by atoms with Gasteiger partial charge in [0.2, 0.25) is 0 Å². The summed E-state index contributed by atoms with van der Waals surface area (Å²) in [5, 5.41) is 12.5. The number of aromatic nitrogens is 2. The maximum Gasteiger partial charge on any atom is 0.357 e. The molecule has 0 atom stereocenters. The van der Waals surface area contributed by atoms with Crippen molar-refractivity contribution in [3.63, 3.8) is 0 Å². The van der Waals surface area contributed by atoms with Crippen LogP contribution in [0.3, 0.4) is 0 Å². The summed E-state index contributed by atoms with van der Waals surface area (Å²) in [5.74, 6) is -1.44. The number of hydrogen-bond donors (Lipinski definition) is 1. The number of allylic oxidation sites excluding steroid dienone is 1. The highest BCUT2D eigenvalue weighted by atomic mass is 35.7. The largest absolute Gasteiger partial charge is 0.476 e. The summed E-state index contributed by atoms with van der Waals surface area (Å²) in [4.78, 5) is 10.3. The third-order valence-electron chi connectivity index (χ3n) is 1.90. The van der Waals surface area contributed by atoms with Crippen molar-refractivity contribution in [3.8, 4) is 0 Å². The number of carbonyl (C=O) groups is 1. The fourth-order valence-corrected chi connectivity index (χ4v) is 2.63. The Hall–Kier alpha value is -1.34. The summed E-state index contributed by atoms with van der Waals surface area (Å²) in [6.07, 6.45) is 1.47. The molecule has 1 N–H and O–H groups in total. The molecule has 8 heteroatoms. The second-order valence-electron chi connectivity index (χ2n) is 2.98. The van der Waals surface area contributed by atoms with Crippen LogP contribution in [0.25, 0.3) is 0 Å². The van der Waals surface area contributed by atoms with Gasteiger partial charge in [-0.05, 0) is 6.92 Å². The molecule has 1 rings (SSSR count). The average Bonchev–Trinajstić information content (AvgIpc) is 2.43. The number of carboxylic acids is 1. The highest BCUT2D eigenvalue weighted by Crippen LogP contribution is 2.23. The number of hydrogen-bond acceptors (Lipinski definition) is 4. The molecule has 0 radical (unpaired) electrons. The lowest BCUT2D eigenvalue weighted by Crippen LogP contribution is -2.04. The van der Waals surface area contributed by atoms with Crippen molar-refractivity contribution in [2.75, 3.05) is 0 Å². The Balaban J connectivity index is 3.56. The van der Waals surface area contributed by atoms with Gasteiger partial charge in [-0.3, -0.25) is 4.68 Å². The van der Waals surface area contributed by atoms with Crippen molar-refractivity contribution in [1.29, 1.82) is 0 Å². The van der Waals surface area contributed by atoms with Crippen molar-refractivity contribution in [1.82, 2.24) is 9.78 Å². The highest BCUT2D eigenvalue weighted by molar-refractivity contribution is 8.13. The average molecular weight is 265 g/mol. The molecule has 6 nitrogen and oxygen atoms in total. The van der Waals surface area contributed by atoms with Crippen LogP contribution in [0, 0.1) is 6.92 Å². The highest BCUT2D eigenvalue weighted by Gasteiger charge is 2.28. The predicted molar refractivity (Wildman–Crippen MR) is 57.2 cm³/mol. The number of nitrogens with zero attached hydrogens (tertiary/aromatic N) is 2. The summed E-state index contributed by atoms with van der Waals surface area (Å²) in [5.41, 5.74) is -0.401. The van der Waals surface area contributed by atoms with E-state index in [9.17, 15) is 13.2 Å². The van der Waals surface area contributed by atoms with E-state index in [0.29, 0.717) is 0 Å². The molecule has 1 aromatic rings. The molecular formula is C8H9ClN2O4S. The Labute approximate surface area is 96.6 Å². The minimum Gasteiger partial charge on any atom is -0.476 e. The summed E-state index contributed by atoms with van der Waals surface area (Å²) >= 11 is 0. The van der Waals surface area contributed by atoms with Crippen LogP contribution >= 0.6 is 10.7 Å². The molecule has 0 saturated carbocycles. The van der Waals surface area contributed by atoms with Crippen LogP contribution in [0.15, 0.2) is 17.6 Å². The molecule has 0 amide bonds. The van der Waals surface area contributed by atoms with Crippen LogP contribution in [-0.2, 0) is 15.6 Å². The molecule has 0 aromatic carbocycles. The van der Waals surface area contributed by atoms with Crippen LogP contribution in [0.5, 0.6) is 0 Å². The first-order valence-corrected chi connectivity index (χ1v) is 6.46. The van der Waals surface area contributed by atoms with Gasteiger partial charge < -0.3 is 5.11 Å². The fourth-order valence-electron chi connectivity index (χ4n) is 1.26. The Morgan fingerprint density at radius 2 is 2.25 bits per heavy atom. The Kier molecular flexibility index (Phi) is 3.39. The lowest BCUT2D eigenvalue weighted by atomic mass is 10.4. The van der Waals surface area contributed by atoms with Crippen LogP contribution < -0.4 is 0 Å². The number of halogens is 1. The van der Waals surface area contributed by atoms with Crippen LogP contribution in [0.2, 0.25) is 0 Å². The molecule has 0 aliphatic rings. The minimum absolute atomic E-state index is 0.173. The molecule has 0 aliphatic carbocycles. The quantitative estimate of drug-likeness (QED) is 0.647. The van der Waals surface area contributed by atoms with E-state index in [1.54, 1.807) is 0 Å². The Bertz CT molecular complexity index is 547. The van der Waals surface area contributed by atoms with Gasteiger partial charge in [-0.1, -0.05) is 6.08 Å². The third kappa shape index (κ3) is 2.25. The van der Waals surface area contributed by atoms with Crippen molar-refractivity contribution in [2.45, 2.75) is 18.4 Å². The van der Waals surface area contributed by atoms with Gasteiger partial charge in [0.1, 0.15) is 4.90 Å². The third-order valence-corrected chi connectivity index (χ3v) is 3.34. The van der Waals surface area contributed by atoms with Crippen LogP contribution in [-0.4, -0.2) is 29.3 Å². The lowest BCUT2D eigenvalue weighted by molar-refractivity contribution is 0.0685. The first kappa shape index (κ1) is 12.7. The van der Waals surface area contributed by atoms with Crippen molar-refractivity contribution in [2.24, 2.45) is 0 Å². The van der Waals surface area contributed by atoms with Crippen LogP contribution in [0.1, 0.15) is 16.2 Å². The van der Waals surface area contributed by atoms with Crippen molar-refractivity contribution in [3.05, 3.63) is 24.0 Å². The molecule has 0 aliphatic heterocycles. The van der Waals surface area contributed by atoms with Crippen LogP contribution in [0.4, 0.5) is 0 Å². The molecule has 0 spiro atoms. The molecule has 16 heavy (non-hydrogen) atoms. The monoisotopic (exact) mass is 264 g/mol. The number of carboxylic acid groups (broad SMARTS) is 1. The Morgan fingerprint density at radius 1 is 1.69 bits per heavy atom. The Morgan fingerprint density at radius 3 is 2.56 bits per heavy atom. The van der Waals surface area contributed by atoms with Gasteiger partial charge in [-0.2, -0.15) is 5.10 Å². The standard InChI is InChI=1S/C8H9ClN2O4S/c1-3-4-11-5(2)7(16(9,14)15)6(10-11)8(12)13/h3H,1,4H2,2H3,(H,12,13). The first-order chi connectivity index (χ1) is 7.29. The summed E-state index contributed by atoms with van der Waals surface area (Å²) in [7, 11) is 1.02. The van der Waals surface area contributed by atoms with Gasteiger partial charge in [0.15, 0.2) is 5.69 Å². The number of aromatic carboxylic acids is 1. The maximum absolute atomic E-state index is 11.2. The molecule has 0 fully saturated rings. The van der Waals surface area contributed by atoms with E-state index in [2.05, 4.69) is 11.7 Å². The molecule has 0 bridgehead atoms. The van der Waals surface area contributed by atoms with E-state index in [1.807, 2.05) is 0 Å². The van der Waals surface area contributed by atoms with E-state index in [0.717, 1.165) is 0 Å². The zero-order valence-electron chi connectivity index (χ0n) is 8.34. The van der Waals surface area contributed by atoms with Gasteiger partial charge in [0.25, 0.3) is 9.05 Å². The molecule has 0 unspecified atom stereocenters. The summed E-state index contributed by atoms with van der Waals surface area (Å²) in [6, 6.07) is 0. The van der Waals surface area contributed by atoms with E-state index in [1.165, 1.54) is 17.7 Å². The van der Waals surface area contributed by atoms with Gasteiger partial charge >= 0.3 is 5.97 Å². The summed E-state index contributed by atoms with van der Waals surface area (Å²) < 4.78 is 23.7. The molecular weight excluding hydrogens is 256 g/mol. The fraction of sp³-hybridized carbons (Fsp3) is 0.250. The second-order valence-corrected chi connectivity index (χ2v) is 5.48. The van der Waals surface area contributed by atoms with E-state index in [4.69, 9.17) is 15.8 Å². The topological polar surface area (TPSA) is 89.3 Å². The zero-order chi connectivity index (χ0) is 12.5. The normalized spacial score (nSPS) is 11.4. The van der Waals surface area contributed by atoms with Crippen molar-refractivity contribution >= 4 is 25.7 Å². The molecule has 0 saturated heterocycles. The summed E-state index contributed by atoms with van der Waals surface area (Å²) in [6.45, 7) is 5.09. The molecule has 88 valence electrons. The molecule has 1 aromatic heterocycles. The predicted octanol–water partition coefficient (Wildman–Crippen LogP) is 1.00. The van der Waals surface area contributed by atoms with Gasteiger partial charge in [-0.25, -0.2) is 13.2 Å². The van der Waals surface area contributed by atoms with Crippen molar-refractivity contribution < 1.29 is 18.3 Å². The van der Waals surface area contributed by atoms with E-state index in [-0.39, 0.29) is 12.2 Å². The van der Waals surface area contributed by atoms with Gasteiger partial charge in [0, 0.05) is 10.7 Å². The van der Waals surface area contributed by atoms with E-state index >= 15 is 0 Å². The lowest BCUT2D eigenvalue weighted by Gasteiger charge is -1.99. The maximum atomic E-state index is 11.2. The van der Waals surface area contributed by atoms with Gasteiger partial charge in [-0.15, -0.1) is 6.58 Å². The second kappa shape index (κ2) is 4.26. The zero-order valence-corrected chi connectivity index (χ0v) is 9.92. The first-order valence-electron chi connectivity index (χ1n) is 4.15. The smallest absolute Gasteiger partial charge is 0.357 e. The van der Waals surface area contributed by atoms with Gasteiger partial charge in [0.05, 0.1) is 12.2 Å². The SMILES string of the molecule is C=CCn1nc(C(=O)O)c(S(=O)(=O)Cl)c1C. The van der Waals surface area contributed by atoms with E-state index < -0.39 is 25.6 Å². The number of rotatable bonds is 4. The molecule has 1 heterocycles.